The Kier molecular flexibility index (Phi) is 13.0. The molecule has 4 atom stereocenters. The number of nitrogens with one attached hydrogen (secondary N) is 3. The van der Waals surface area contributed by atoms with Gasteiger partial charge in [0.2, 0.25) is 29.5 Å². The summed E-state index contributed by atoms with van der Waals surface area (Å²) >= 11 is 0. The lowest BCUT2D eigenvalue weighted by Gasteiger charge is -2.24. The van der Waals surface area contributed by atoms with E-state index in [9.17, 15) is 38.4 Å². The van der Waals surface area contributed by atoms with Crippen LogP contribution >= 0.6 is 0 Å². The molecule has 0 aromatic carbocycles. The maximum Gasteiger partial charge on any atom is 0.326 e. The monoisotopic (exact) mass is 504 g/mol. The van der Waals surface area contributed by atoms with Gasteiger partial charge in [-0.05, 0) is 12.8 Å². The highest BCUT2D eigenvalue weighted by Crippen LogP contribution is 2.04. The molecule has 0 aliphatic rings. The molecule has 0 radical (unpaired) electrons. The van der Waals surface area contributed by atoms with Crippen LogP contribution in [0.25, 0.3) is 0 Å². The van der Waals surface area contributed by atoms with Gasteiger partial charge in [0.05, 0.1) is 18.9 Å². The van der Waals surface area contributed by atoms with Crippen LogP contribution in [-0.2, 0) is 38.4 Å². The maximum absolute atomic E-state index is 12.7. The maximum atomic E-state index is 12.7. The molecule has 196 valence electrons. The van der Waals surface area contributed by atoms with Crippen molar-refractivity contribution in [3.05, 3.63) is 0 Å². The second-order valence-corrected chi connectivity index (χ2v) is 7.33. The summed E-state index contributed by atoms with van der Waals surface area (Å²) in [6.07, 6.45) is -3.39. The zero-order valence-electron chi connectivity index (χ0n) is 18.4. The quantitative estimate of drug-likeness (QED) is 0.0902. The number of rotatable bonds is 17. The van der Waals surface area contributed by atoms with Gasteiger partial charge in [0.1, 0.15) is 18.1 Å². The number of hydrogen-bond donors (Lipinski definition) is 9. The van der Waals surface area contributed by atoms with Crippen molar-refractivity contribution in [3.63, 3.8) is 0 Å². The molecule has 0 rings (SSSR count). The Hall–Kier alpha value is -4.28. The molecule has 17 nitrogen and oxygen atoms in total. The number of nitrogens with two attached hydrogens (primary N) is 3. The fourth-order valence-corrected chi connectivity index (χ4v) is 2.57. The third-order valence-corrected chi connectivity index (χ3v) is 4.35. The molecule has 0 aliphatic heterocycles. The minimum Gasteiger partial charge on any atom is -0.481 e. The van der Waals surface area contributed by atoms with E-state index in [0.717, 1.165) is 0 Å². The standard InChI is InChI=1S/C18H28N6O11/c19-7(1-4-13(27)28)15(31)22-8(2-3-11(20)25)16(32)23-9(6-14(29)30)17(33)24-10(18(34)35)5-12(21)26/h7-10H,1-6,19H2,(H2,20,25)(H2,21,26)(H,22,31)(H,23,32)(H,24,33)(H,27,28)(H,29,30)(H,34,35). The van der Waals surface area contributed by atoms with Crippen molar-refractivity contribution < 1.29 is 53.7 Å². The van der Waals surface area contributed by atoms with Crippen molar-refractivity contribution in [1.82, 2.24) is 16.0 Å². The van der Waals surface area contributed by atoms with Crippen molar-refractivity contribution in [2.24, 2.45) is 17.2 Å². The van der Waals surface area contributed by atoms with Crippen molar-refractivity contribution in [2.45, 2.75) is 62.7 Å². The first kappa shape index (κ1) is 30.7. The number of carbonyl (C=O) groups excluding carboxylic acids is 5. The van der Waals surface area contributed by atoms with Gasteiger partial charge < -0.3 is 48.5 Å². The average Bonchev–Trinajstić information content (AvgIpc) is 2.72. The number of primary amides is 2. The highest BCUT2D eigenvalue weighted by Gasteiger charge is 2.32. The molecule has 0 saturated heterocycles. The smallest absolute Gasteiger partial charge is 0.326 e. The fraction of sp³-hybridized carbons (Fsp3) is 0.556. The molecule has 0 fully saturated rings. The molecular weight excluding hydrogens is 476 g/mol. The predicted octanol–water partition coefficient (Wildman–Crippen LogP) is -4.67. The van der Waals surface area contributed by atoms with Gasteiger partial charge in [0.15, 0.2) is 0 Å². The van der Waals surface area contributed by atoms with Crippen LogP contribution in [-0.4, -0.2) is 86.9 Å². The molecule has 0 saturated carbocycles. The Labute approximate surface area is 197 Å². The van der Waals surface area contributed by atoms with Crippen LogP contribution in [0.15, 0.2) is 0 Å². The molecule has 12 N–H and O–H groups in total. The van der Waals surface area contributed by atoms with E-state index in [1.807, 2.05) is 10.6 Å². The van der Waals surface area contributed by atoms with E-state index in [4.69, 9.17) is 32.5 Å². The van der Waals surface area contributed by atoms with Gasteiger partial charge in [0, 0.05) is 12.8 Å². The summed E-state index contributed by atoms with van der Waals surface area (Å²) in [7, 11) is 0. The van der Waals surface area contributed by atoms with Gasteiger partial charge in [-0.15, -0.1) is 0 Å². The van der Waals surface area contributed by atoms with E-state index < -0.39 is 97.3 Å². The predicted molar refractivity (Wildman–Crippen MR) is 113 cm³/mol. The molecule has 0 aromatic heterocycles. The van der Waals surface area contributed by atoms with E-state index in [1.165, 1.54) is 0 Å². The van der Waals surface area contributed by atoms with E-state index in [2.05, 4.69) is 5.32 Å². The molecule has 0 aromatic rings. The van der Waals surface area contributed by atoms with Crippen LogP contribution in [0.1, 0.15) is 38.5 Å². The lowest BCUT2D eigenvalue weighted by molar-refractivity contribution is -0.145. The van der Waals surface area contributed by atoms with Crippen LogP contribution in [0.5, 0.6) is 0 Å². The normalized spacial score (nSPS) is 13.9. The summed E-state index contributed by atoms with van der Waals surface area (Å²) in [6.45, 7) is 0. The molecular formula is C18H28N6O11. The highest BCUT2D eigenvalue weighted by atomic mass is 16.4. The molecule has 0 spiro atoms. The fourth-order valence-electron chi connectivity index (χ4n) is 2.57. The summed E-state index contributed by atoms with van der Waals surface area (Å²) in [6, 6.07) is -6.57. The van der Waals surface area contributed by atoms with Gasteiger partial charge in [-0.2, -0.15) is 0 Å². The van der Waals surface area contributed by atoms with E-state index in [1.54, 1.807) is 0 Å². The van der Waals surface area contributed by atoms with Crippen LogP contribution < -0.4 is 33.2 Å². The Morgan fingerprint density at radius 3 is 1.57 bits per heavy atom. The van der Waals surface area contributed by atoms with Crippen molar-refractivity contribution >= 4 is 47.4 Å². The second-order valence-electron chi connectivity index (χ2n) is 7.33. The van der Waals surface area contributed by atoms with Crippen LogP contribution in [0.3, 0.4) is 0 Å². The van der Waals surface area contributed by atoms with E-state index in [-0.39, 0.29) is 12.8 Å². The lowest BCUT2D eigenvalue weighted by atomic mass is 10.1. The Bertz CT molecular complexity index is 862. The molecule has 5 amide bonds. The molecule has 0 bridgehead atoms. The minimum atomic E-state index is -1.86. The SMILES string of the molecule is NC(=O)CCC(NC(=O)C(N)CCC(=O)O)C(=O)NC(CC(=O)O)C(=O)NC(CC(N)=O)C(=O)O. The zero-order chi connectivity index (χ0) is 27.3. The number of carbonyl (C=O) groups is 8. The van der Waals surface area contributed by atoms with Crippen molar-refractivity contribution in [2.75, 3.05) is 0 Å². The molecule has 4 unspecified atom stereocenters. The van der Waals surface area contributed by atoms with Gasteiger partial charge in [-0.3, -0.25) is 33.6 Å². The molecule has 35 heavy (non-hydrogen) atoms. The first-order valence-corrected chi connectivity index (χ1v) is 10.0. The zero-order valence-corrected chi connectivity index (χ0v) is 18.4. The van der Waals surface area contributed by atoms with Gasteiger partial charge in [-0.25, -0.2) is 4.79 Å². The summed E-state index contributed by atoms with van der Waals surface area (Å²) < 4.78 is 0. The van der Waals surface area contributed by atoms with E-state index >= 15 is 0 Å². The van der Waals surface area contributed by atoms with Gasteiger partial charge in [-0.1, -0.05) is 0 Å². The van der Waals surface area contributed by atoms with Gasteiger partial charge >= 0.3 is 17.9 Å². The minimum absolute atomic E-state index is 0.286. The molecule has 0 heterocycles. The highest BCUT2D eigenvalue weighted by molar-refractivity contribution is 5.96. The number of aliphatic carboxylic acids is 3. The summed E-state index contributed by atoms with van der Waals surface area (Å²) in [4.78, 5) is 92.5. The third-order valence-electron chi connectivity index (χ3n) is 4.35. The van der Waals surface area contributed by atoms with Crippen LogP contribution in [0, 0.1) is 0 Å². The number of hydrogen-bond acceptors (Lipinski definition) is 9. The Morgan fingerprint density at radius 1 is 0.600 bits per heavy atom. The van der Waals surface area contributed by atoms with Crippen LogP contribution in [0.2, 0.25) is 0 Å². The second kappa shape index (κ2) is 14.8. The molecule has 17 heteroatoms. The van der Waals surface area contributed by atoms with E-state index in [0.29, 0.717) is 0 Å². The summed E-state index contributed by atoms with van der Waals surface area (Å²) in [5.74, 6) is -9.79. The Morgan fingerprint density at radius 2 is 1.11 bits per heavy atom. The number of carboxylic acids is 3. The number of amides is 5. The average molecular weight is 504 g/mol. The first-order valence-electron chi connectivity index (χ1n) is 10.0. The van der Waals surface area contributed by atoms with Crippen LogP contribution in [0.4, 0.5) is 0 Å². The lowest BCUT2D eigenvalue weighted by Crippen LogP contribution is -2.57. The largest absolute Gasteiger partial charge is 0.481 e. The number of carboxylic acid groups (broad SMARTS) is 3. The summed E-state index contributed by atoms with van der Waals surface area (Å²) in [5.41, 5.74) is 15.5. The third kappa shape index (κ3) is 13.1. The Balaban J connectivity index is 5.59. The first-order chi connectivity index (χ1) is 16.1. The van der Waals surface area contributed by atoms with Crippen molar-refractivity contribution in [3.8, 4) is 0 Å². The van der Waals surface area contributed by atoms with Crippen molar-refractivity contribution in [1.29, 1.82) is 0 Å². The van der Waals surface area contributed by atoms with Gasteiger partial charge in [0.25, 0.3) is 0 Å². The topological polar surface area (TPSA) is 311 Å². The summed E-state index contributed by atoms with van der Waals surface area (Å²) in [5, 5.41) is 32.9. The molecule has 0 aliphatic carbocycles.